The van der Waals surface area contributed by atoms with Gasteiger partial charge in [0.25, 0.3) is 5.91 Å². The van der Waals surface area contributed by atoms with Crippen molar-refractivity contribution in [2.45, 2.75) is 6.54 Å². The lowest BCUT2D eigenvalue weighted by atomic mass is 10.3. The van der Waals surface area contributed by atoms with Crippen LogP contribution in [0.4, 0.5) is 11.5 Å². The van der Waals surface area contributed by atoms with Crippen LogP contribution in [0.25, 0.3) is 0 Å². The third kappa shape index (κ3) is 4.27. The van der Waals surface area contributed by atoms with Crippen LogP contribution in [0, 0.1) is 0 Å². The van der Waals surface area contributed by atoms with Crippen molar-refractivity contribution in [3.8, 4) is 0 Å². The minimum Gasteiger partial charge on any atom is -0.347 e. The number of aromatic nitrogens is 3. The fraction of sp³-hybridized carbons (Fsp3) is 0.0588. The molecule has 0 aliphatic heterocycles. The summed E-state index contributed by atoms with van der Waals surface area (Å²) in [5.41, 5.74) is 1.96. The monoisotopic (exact) mass is 339 g/mol. The molecule has 2 aromatic heterocycles. The number of halogens is 1. The molecule has 0 saturated heterocycles. The topological polar surface area (TPSA) is 79.8 Å². The summed E-state index contributed by atoms with van der Waals surface area (Å²) in [6, 6.07) is 11.0. The summed E-state index contributed by atoms with van der Waals surface area (Å²) in [6.07, 6.45) is 6.30. The smallest absolute Gasteiger partial charge is 0.271 e. The number of anilines is 2. The highest BCUT2D eigenvalue weighted by molar-refractivity contribution is 6.30. The molecular formula is C17H14ClN5O. The van der Waals surface area contributed by atoms with Crippen molar-refractivity contribution in [1.29, 1.82) is 0 Å². The molecule has 2 heterocycles. The summed E-state index contributed by atoms with van der Waals surface area (Å²) in [6.45, 7) is 0.386. The highest BCUT2D eigenvalue weighted by Gasteiger charge is 2.08. The van der Waals surface area contributed by atoms with Gasteiger partial charge in [0.2, 0.25) is 0 Å². The Labute approximate surface area is 143 Å². The van der Waals surface area contributed by atoms with Crippen molar-refractivity contribution < 1.29 is 4.79 Å². The minimum absolute atomic E-state index is 0.246. The molecule has 0 fully saturated rings. The highest BCUT2D eigenvalue weighted by atomic mass is 35.5. The lowest BCUT2D eigenvalue weighted by Crippen LogP contribution is -2.24. The Bertz CT molecular complexity index is 824. The second kappa shape index (κ2) is 7.52. The molecule has 120 valence electrons. The number of rotatable bonds is 5. The normalized spacial score (nSPS) is 10.2. The van der Waals surface area contributed by atoms with Crippen LogP contribution in [0.3, 0.4) is 0 Å². The van der Waals surface area contributed by atoms with Gasteiger partial charge in [0.05, 0.1) is 12.4 Å². The standard InChI is InChI=1S/C17H14ClN5O/c18-13-4-1-5-14(7-13)23-16-11-20-15(10-21-16)17(24)22-9-12-3-2-6-19-8-12/h1-8,10-11H,9H2,(H,21,23)(H,22,24). The fourth-order valence-corrected chi connectivity index (χ4v) is 2.19. The Morgan fingerprint density at radius 2 is 2.00 bits per heavy atom. The van der Waals surface area contributed by atoms with Crippen molar-refractivity contribution in [3.05, 3.63) is 77.5 Å². The number of hydrogen-bond acceptors (Lipinski definition) is 5. The van der Waals surface area contributed by atoms with Crippen molar-refractivity contribution in [1.82, 2.24) is 20.3 Å². The number of amides is 1. The van der Waals surface area contributed by atoms with Crippen LogP contribution in [0.2, 0.25) is 5.02 Å². The SMILES string of the molecule is O=C(NCc1cccnc1)c1cnc(Nc2cccc(Cl)c2)cn1. The van der Waals surface area contributed by atoms with Crippen molar-refractivity contribution >= 4 is 29.0 Å². The van der Waals surface area contributed by atoms with E-state index in [0.29, 0.717) is 17.4 Å². The highest BCUT2D eigenvalue weighted by Crippen LogP contribution is 2.18. The fourth-order valence-electron chi connectivity index (χ4n) is 2.00. The zero-order valence-electron chi connectivity index (χ0n) is 12.6. The molecule has 0 bridgehead atoms. The molecule has 0 spiro atoms. The molecule has 0 unspecified atom stereocenters. The molecule has 3 aromatic rings. The van der Waals surface area contributed by atoms with Gasteiger partial charge in [0.1, 0.15) is 11.5 Å². The second-order valence-electron chi connectivity index (χ2n) is 4.97. The average Bonchev–Trinajstić information content (AvgIpc) is 2.61. The Morgan fingerprint density at radius 1 is 1.08 bits per heavy atom. The van der Waals surface area contributed by atoms with Gasteiger partial charge in [0.15, 0.2) is 0 Å². The van der Waals surface area contributed by atoms with Crippen LogP contribution in [0.1, 0.15) is 16.1 Å². The van der Waals surface area contributed by atoms with E-state index in [0.717, 1.165) is 11.3 Å². The van der Waals surface area contributed by atoms with E-state index in [1.165, 1.54) is 12.4 Å². The second-order valence-corrected chi connectivity index (χ2v) is 5.40. The van der Waals surface area contributed by atoms with Crippen LogP contribution in [0.5, 0.6) is 0 Å². The summed E-state index contributed by atoms with van der Waals surface area (Å²) >= 11 is 5.93. The molecule has 2 N–H and O–H groups in total. The molecule has 1 aromatic carbocycles. The molecule has 0 radical (unpaired) electrons. The molecular weight excluding hydrogens is 326 g/mol. The zero-order chi connectivity index (χ0) is 16.8. The maximum absolute atomic E-state index is 12.1. The Balaban J connectivity index is 1.60. The maximum atomic E-state index is 12.1. The minimum atomic E-state index is -0.291. The van der Waals surface area contributed by atoms with E-state index in [9.17, 15) is 4.79 Å². The summed E-state index contributed by atoms with van der Waals surface area (Å²) < 4.78 is 0. The van der Waals surface area contributed by atoms with Gasteiger partial charge < -0.3 is 10.6 Å². The molecule has 0 aliphatic carbocycles. The van der Waals surface area contributed by atoms with Crippen molar-refractivity contribution in [2.24, 2.45) is 0 Å². The molecule has 0 aliphatic rings. The quantitative estimate of drug-likeness (QED) is 0.746. The van der Waals surface area contributed by atoms with E-state index in [-0.39, 0.29) is 11.6 Å². The number of hydrogen-bond donors (Lipinski definition) is 2. The van der Waals surface area contributed by atoms with E-state index >= 15 is 0 Å². The first-order valence-electron chi connectivity index (χ1n) is 7.22. The van der Waals surface area contributed by atoms with Crippen molar-refractivity contribution in [2.75, 3.05) is 5.32 Å². The first-order chi connectivity index (χ1) is 11.7. The lowest BCUT2D eigenvalue weighted by molar-refractivity contribution is 0.0945. The third-order valence-corrected chi connectivity index (χ3v) is 3.39. The lowest BCUT2D eigenvalue weighted by Gasteiger charge is -2.07. The maximum Gasteiger partial charge on any atom is 0.271 e. The van der Waals surface area contributed by atoms with E-state index < -0.39 is 0 Å². The van der Waals surface area contributed by atoms with E-state index in [1.54, 1.807) is 24.5 Å². The number of carbonyl (C=O) groups excluding carboxylic acids is 1. The van der Waals surface area contributed by atoms with Crippen LogP contribution in [-0.4, -0.2) is 20.9 Å². The number of nitrogens with one attached hydrogen (secondary N) is 2. The average molecular weight is 340 g/mol. The molecule has 24 heavy (non-hydrogen) atoms. The van der Waals surface area contributed by atoms with Gasteiger partial charge in [-0.15, -0.1) is 0 Å². The van der Waals surface area contributed by atoms with Gasteiger partial charge in [0, 0.05) is 29.6 Å². The summed E-state index contributed by atoms with van der Waals surface area (Å²) in [4.78, 5) is 24.4. The molecule has 1 amide bonds. The van der Waals surface area contributed by atoms with E-state index in [4.69, 9.17) is 11.6 Å². The van der Waals surface area contributed by atoms with Crippen LogP contribution in [-0.2, 0) is 6.54 Å². The largest absolute Gasteiger partial charge is 0.347 e. The number of pyridine rings is 1. The Kier molecular flexibility index (Phi) is 4.98. The van der Waals surface area contributed by atoms with Gasteiger partial charge in [-0.25, -0.2) is 9.97 Å². The van der Waals surface area contributed by atoms with Crippen LogP contribution >= 0.6 is 11.6 Å². The predicted octanol–water partition coefficient (Wildman–Crippen LogP) is 3.20. The Hall–Kier alpha value is -2.99. The van der Waals surface area contributed by atoms with Gasteiger partial charge >= 0.3 is 0 Å². The zero-order valence-corrected chi connectivity index (χ0v) is 13.4. The third-order valence-electron chi connectivity index (χ3n) is 3.16. The van der Waals surface area contributed by atoms with Gasteiger partial charge in [-0.2, -0.15) is 0 Å². The Morgan fingerprint density at radius 3 is 2.71 bits per heavy atom. The molecule has 7 heteroatoms. The van der Waals surface area contributed by atoms with Gasteiger partial charge in [-0.1, -0.05) is 23.7 Å². The van der Waals surface area contributed by atoms with Gasteiger partial charge in [-0.3, -0.25) is 9.78 Å². The first-order valence-corrected chi connectivity index (χ1v) is 7.60. The summed E-state index contributed by atoms with van der Waals surface area (Å²) in [7, 11) is 0. The van der Waals surface area contributed by atoms with Crippen molar-refractivity contribution in [3.63, 3.8) is 0 Å². The van der Waals surface area contributed by atoms with E-state index in [1.807, 2.05) is 24.3 Å². The molecule has 6 nitrogen and oxygen atoms in total. The summed E-state index contributed by atoms with van der Waals surface area (Å²) in [5, 5.41) is 6.47. The van der Waals surface area contributed by atoms with Gasteiger partial charge in [-0.05, 0) is 29.8 Å². The van der Waals surface area contributed by atoms with E-state index in [2.05, 4.69) is 25.6 Å². The molecule has 0 atom stereocenters. The molecule has 0 saturated carbocycles. The van der Waals surface area contributed by atoms with Crippen LogP contribution < -0.4 is 10.6 Å². The molecule has 3 rings (SSSR count). The van der Waals surface area contributed by atoms with Crippen LogP contribution in [0.15, 0.2) is 61.2 Å². The number of nitrogens with zero attached hydrogens (tertiary/aromatic N) is 3. The first kappa shape index (κ1) is 15.9. The number of benzene rings is 1. The predicted molar refractivity (Wildman–Crippen MR) is 92.2 cm³/mol. The number of carbonyl (C=O) groups is 1. The summed E-state index contributed by atoms with van der Waals surface area (Å²) in [5.74, 6) is 0.238.